The van der Waals surface area contributed by atoms with E-state index in [0.29, 0.717) is 15.2 Å². The standard InChI is InChI=1S/C20H17F3N2O4S/c1-12-3-6-15(7-4-12)30(27,28)25-17(20(21,22)23)11-24-16-8-5-13(19(26)29-2)9-14(16)10-18(24)25/h3-10,17H,11H2,1-2H3. The van der Waals surface area contributed by atoms with Crippen LogP contribution < -0.4 is 4.31 Å². The van der Waals surface area contributed by atoms with Crippen LogP contribution in [-0.2, 0) is 21.3 Å². The predicted molar refractivity (Wildman–Crippen MR) is 104 cm³/mol. The molecule has 158 valence electrons. The fourth-order valence-electron chi connectivity index (χ4n) is 3.63. The van der Waals surface area contributed by atoms with E-state index < -0.39 is 34.8 Å². The molecule has 0 spiro atoms. The van der Waals surface area contributed by atoms with Gasteiger partial charge in [-0.3, -0.25) is 0 Å². The molecule has 30 heavy (non-hydrogen) atoms. The van der Waals surface area contributed by atoms with Crippen molar-refractivity contribution in [3.63, 3.8) is 0 Å². The molecule has 0 bridgehead atoms. The lowest BCUT2D eigenvalue weighted by Gasteiger charge is -2.27. The van der Waals surface area contributed by atoms with E-state index in [-0.39, 0.29) is 16.3 Å². The van der Waals surface area contributed by atoms with Crippen LogP contribution in [-0.4, -0.2) is 38.3 Å². The number of carbonyl (C=O) groups excluding carboxylic acids is 1. The topological polar surface area (TPSA) is 68.6 Å². The van der Waals surface area contributed by atoms with Crippen molar-refractivity contribution in [1.29, 1.82) is 0 Å². The number of sulfonamides is 1. The average molecular weight is 438 g/mol. The highest BCUT2D eigenvalue weighted by atomic mass is 32.2. The number of nitrogens with zero attached hydrogens (tertiary/aromatic N) is 2. The number of anilines is 1. The molecule has 0 aliphatic carbocycles. The molecule has 2 heterocycles. The van der Waals surface area contributed by atoms with E-state index in [1.54, 1.807) is 6.92 Å². The Balaban J connectivity index is 1.90. The van der Waals surface area contributed by atoms with E-state index in [9.17, 15) is 26.4 Å². The third-order valence-electron chi connectivity index (χ3n) is 5.12. The number of halogens is 3. The van der Waals surface area contributed by atoms with E-state index in [1.807, 2.05) is 0 Å². The van der Waals surface area contributed by atoms with Gasteiger partial charge in [-0.15, -0.1) is 0 Å². The fraction of sp³-hybridized carbons (Fsp3) is 0.250. The number of esters is 1. The Morgan fingerprint density at radius 3 is 2.37 bits per heavy atom. The zero-order valence-corrected chi connectivity index (χ0v) is 16.8. The predicted octanol–water partition coefficient (Wildman–Crippen LogP) is 3.88. The Labute approximate surface area is 170 Å². The minimum atomic E-state index is -4.77. The maximum atomic E-state index is 13.8. The quantitative estimate of drug-likeness (QED) is 0.582. The van der Waals surface area contributed by atoms with Gasteiger partial charge in [0.25, 0.3) is 10.0 Å². The van der Waals surface area contributed by atoms with Crippen LogP contribution in [0.1, 0.15) is 15.9 Å². The molecule has 4 rings (SSSR count). The van der Waals surface area contributed by atoms with Crippen LogP contribution in [0.2, 0.25) is 0 Å². The minimum Gasteiger partial charge on any atom is -0.465 e. The number of fused-ring (bicyclic) bond motifs is 3. The maximum Gasteiger partial charge on any atom is 0.411 e. The molecule has 0 N–H and O–H groups in total. The van der Waals surface area contributed by atoms with Crippen molar-refractivity contribution in [3.05, 3.63) is 59.7 Å². The monoisotopic (exact) mass is 438 g/mol. The van der Waals surface area contributed by atoms with Gasteiger partial charge >= 0.3 is 12.1 Å². The zero-order chi connectivity index (χ0) is 21.8. The molecule has 1 unspecified atom stereocenters. The van der Waals surface area contributed by atoms with Crippen LogP contribution in [0.5, 0.6) is 0 Å². The second kappa shape index (κ2) is 6.76. The summed E-state index contributed by atoms with van der Waals surface area (Å²) < 4.78 is 74.2. The summed E-state index contributed by atoms with van der Waals surface area (Å²) in [5, 5.41) is 0.442. The van der Waals surface area contributed by atoms with Gasteiger partial charge in [0.15, 0.2) is 6.04 Å². The van der Waals surface area contributed by atoms with Crippen molar-refractivity contribution >= 4 is 32.7 Å². The second-order valence-electron chi connectivity index (χ2n) is 7.05. The Morgan fingerprint density at radius 2 is 1.77 bits per heavy atom. The lowest BCUT2D eigenvalue weighted by atomic mass is 10.1. The maximum absolute atomic E-state index is 13.8. The highest BCUT2D eigenvalue weighted by molar-refractivity contribution is 7.92. The number of aromatic nitrogens is 1. The van der Waals surface area contributed by atoms with E-state index in [4.69, 9.17) is 0 Å². The number of carbonyl (C=O) groups is 1. The lowest BCUT2D eigenvalue weighted by Crippen LogP contribution is -2.47. The van der Waals surface area contributed by atoms with Gasteiger partial charge in [0.05, 0.1) is 24.1 Å². The molecule has 0 saturated carbocycles. The van der Waals surface area contributed by atoms with Gasteiger partial charge in [0.2, 0.25) is 0 Å². The highest BCUT2D eigenvalue weighted by Gasteiger charge is 2.53. The molecule has 1 aliphatic heterocycles. The van der Waals surface area contributed by atoms with Crippen LogP contribution in [0.4, 0.5) is 19.0 Å². The number of rotatable bonds is 3. The molecular formula is C20H17F3N2O4S. The fourth-order valence-corrected chi connectivity index (χ4v) is 5.26. The molecule has 2 aromatic carbocycles. The third kappa shape index (κ3) is 3.11. The molecule has 0 saturated heterocycles. The van der Waals surface area contributed by atoms with Crippen molar-refractivity contribution in [1.82, 2.24) is 4.57 Å². The molecule has 0 radical (unpaired) electrons. The summed E-state index contributed by atoms with van der Waals surface area (Å²) in [4.78, 5) is 11.5. The summed E-state index contributed by atoms with van der Waals surface area (Å²) in [5.41, 5.74) is 1.40. The summed E-state index contributed by atoms with van der Waals surface area (Å²) in [6.45, 7) is 1.17. The first-order valence-corrected chi connectivity index (χ1v) is 10.4. The van der Waals surface area contributed by atoms with Crippen molar-refractivity contribution in [2.24, 2.45) is 0 Å². The Kier molecular flexibility index (Phi) is 4.57. The molecular weight excluding hydrogens is 421 g/mol. The first-order chi connectivity index (χ1) is 14.0. The number of methoxy groups -OCH3 is 1. The van der Waals surface area contributed by atoms with Gasteiger partial charge in [-0.1, -0.05) is 17.7 Å². The van der Waals surface area contributed by atoms with Gasteiger partial charge < -0.3 is 9.30 Å². The Bertz CT molecular complexity index is 1250. The van der Waals surface area contributed by atoms with Gasteiger partial charge in [0, 0.05) is 10.9 Å². The van der Waals surface area contributed by atoms with Crippen LogP contribution in [0.3, 0.4) is 0 Å². The van der Waals surface area contributed by atoms with E-state index in [0.717, 1.165) is 5.56 Å². The number of ether oxygens (including phenoxy) is 1. The molecule has 0 amide bonds. The summed E-state index contributed by atoms with van der Waals surface area (Å²) in [6.07, 6.45) is -4.77. The smallest absolute Gasteiger partial charge is 0.411 e. The number of alkyl halides is 3. The second-order valence-corrected chi connectivity index (χ2v) is 8.86. The Hall–Kier alpha value is -3.01. The summed E-state index contributed by atoms with van der Waals surface area (Å²) in [5.74, 6) is -0.699. The first kappa shape index (κ1) is 20.3. The summed E-state index contributed by atoms with van der Waals surface area (Å²) in [7, 11) is -3.26. The van der Waals surface area contributed by atoms with Crippen molar-refractivity contribution < 1.29 is 31.1 Å². The molecule has 0 fully saturated rings. The van der Waals surface area contributed by atoms with Crippen molar-refractivity contribution in [3.8, 4) is 0 Å². The molecule has 3 aromatic rings. The first-order valence-electron chi connectivity index (χ1n) is 8.93. The zero-order valence-electron chi connectivity index (χ0n) is 16.0. The van der Waals surface area contributed by atoms with Crippen LogP contribution >= 0.6 is 0 Å². The number of aryl methyl sites for hydroxylation is 1. The van der Waals surface area contributed by atoms with Gasteiger partial charge in [-0.05, 0) is 43.3 Å². The van der Waals surface area contributed by atoms with E-state index in [1.165, 1.54) is 60.2 Å². The van der Waals surface area contributed by atoms with Crippen molar-refractivity contribution in [2.45, 2.75) is 30.6 Å². The van der Waals surface area contributed by atoms with E-state index in [2.05, 4.69) is 4.74 Å². The normalized spacial score (nSPS) is 16.7. The minimum absolute atomic E-state index is 0.102. The average Bonchev–Trinajstić information content (AvgIpc) is 3.23. The highest BCUT2D eigenvalue weighted by Crippen LogP contribution is 2.43. The number of hydrogen-bond donors (Lipinski definition) is 0. The van der Waals surface area contributed by atoms with Gasteiger partial charge in [-0.2, -0.15) is 13.2 Å². The molecule has 1 aromatic heterocycles. The third-order valence-corrected chi connectivity index (χ3v) is 6.95. The Morgan fingerprint density at radius 1 is 1.10 bits per heavy atom. The van der Waals surface area contributed by atoms with Crippen LogP contribution in [0.15, 0.2) is 53.4 Å². The van der Waals surface area contributed by atoms with Crippen molar-refractivity contribution in [2.75, 3.05) is 11.4 Å². The molecule has 1 aliphatic rings. The van der Waals surface area contributed by atoms with Gasteiger partial charge in [-0.25, -0.2) is 17.5 Å². The molecule has 6 nitrogen and oxygen atoms in total. The summed E-state index contributed by atoms with van der Waals surface area (Å²) in [6, 6.07) is 9.14. The largest absolute Gasteiger partial charge is 0.465 e. The van der Waals surface area contributed by atoms with E-state index >= 15 is 0 Å². The van der Waals surface area contributed by atoms with Crippen LogP contribution in [0, 0.1) is 6.92 Å². The van der Waals surface area contributed by atoms with Crippen LogP contribution in [0.25, 0.3) is 10.9 Å². The number of benzene rings is 2. The SMILES string of the molecule is COC(=O)c1ccc2c(c1)cc1n2CC(C(F)(F)F)N1S(=O)(=O)c1ccc(C)cc1. The lowest BCUT2D eigenvalue weighted by molar-refractivity contribution is -0.145. The molecule has 1 atom stereocenters. The van der Waals surface area contributed by atoms with Gasteiger partial charge in [0.1, 0.15) is 5.82 Å². The summed E-state index contributed by atoms with van der Waals surface area (Å²) >= 11 is 0. The number of hydrogen-bond acceptors (Lipinski definition) is 4. The molecule has 10 heteroatoms.